The lowest BCUT2D eigenvalue weighted by Gasteiger charge is -2.23. The second-order valence-electron chi connectivity index (χ2n) is 8.72. The molecule has 5 heteroatoms. The highest BCUT2D eigenvalue weighted by Crippen LogP contribution is 2.40. The number of ether oxygens (including phenoxy) is 2. The smallest absolute Gasteiger partial charge is 0.143 e. The zero-order chi connectivity index (χ0) is 23.3. The maximum absolute atomic E-state index is 14.0. The van der Waals surface area contributed by atoms with Crippen molar-refractivity contribution >= 4 is 10.8 Å². The van der Waals surface area contributed by atoms with Crippen LogP contribution in [0.2, 0.25) is 0 Å². The molecule has 1 atom stereocenters. The summed E-state index contributed by atoms with van der Waals surface area (Å²) in [5.74, 6) is 1.94. The summed E-state index contributed by atoms with van der Waals surface area (Å²) in [6, 6.07) is 23.5. The van der Waals surface area contributed by atoms with Gasteiger partial charge < -0.3 is 19.9 Å². The lowest BCUT2D eigenvalue weighted by molar-refractivity contribution is 0.268. The molecular weight excluding hydrogens is 429 g/mol. The third-order valence-corrected chi connectivity index (χ3v) is 6.28. The van der Waals surface area contributed by atoms with Crippen LogP contribution >= 0.6 is 0 Å². The van der Waals surface area contributed by atoms with E-state index in [1.54, 1.807) is 18.2 Å². The summed E-state index contributed by atoms with van der Waals surface area (Å²) in [6.07, 6.45) is 4.76. The largest absolute Gasteiger partial charge is 0.508 e. The van der Waals surface area contributed by atoms with Gasteiger partial charge in [-0.15, -0.1) is 0 Å². The Kier molecular flexibility index (Phi) is 6.63. The molecule has 1 fully saturated rings. The van der Waals surface area contributed by atoms with E-state index in [4.69, 9.17) is 9.47 Å². The van der Waals surface area contributed by atoms with Gasteiger partial charge in [-0.1, -0.05) is 24.6 Å². The van der Waals surface area contributed by atoms with Gasteiger partial charge in [0.2, 0.25) is 0 Å². The summed E-state index contributed by atoms with van der Waals surface area (Å²) in [5.41, 5.74) is 1.50. The first-order chi connectivity index (χ1) is 16.7. The molecule has 1 saturated heterocycles. The van der Waals surface area contributed by atoms with Crippen molar-refractivity contribution in [2.45, 2.75) is 31.7 Å². The number of aromatic hydroxyl groups is 1. The Balaban J connectivity index is 1.37. The van der Waals surface area contributed by atoms with E-state index >= 15 is 0 Å². The number of phenolic OH excluding ortho intramolecular Hbond substituents is 1. The van der Waals surface area contributed by atoms with E-state index in [-0.39, 0.29) is 11.6 Å². The molecular formula is C29H28FNO3. The van der Waals surface area contributed by atoms with Crippen molar-refractivity contribution in [3.05, 3.63) is 84.7 Å². The number of hydrogen-bond acceptors (Lipinski definition) is 4. The van der Waals surface area contributed by atoms with Crippen LogP contribution < -0.4 is 14.8 Å². The van der Waals surface area contributed by atoms with Gasteiger partial charge >= 0.3 is 0 Å². The minimum absolute atomic E-state index is 0.182. The lowest BCUT2D eigenvalue weighted by Crippen LogP contribution is -2.35. The Bertz CT molecular complexity index is 1270. The van der Waals surface area contributed by atoms with Gasteiger partial charge in [-0.25, -0.2) is 4.39 Å². The fourth-order valence-corrected chi connectivity index (χ4v) is 4.49. The maximum Gasteiger partial charge on any atom is 0.143 e. The van der Waals surface area contributed by atoms with Crippen LogP contribution in [0, 0.1) is 5.82 Å². The highest BCUT2D eigenvalue weighted by Gasteiger charge is 2.14. The van der Waals surface area contributed by atoms with Gasteiger partial charge in [0, 0.05) is 17.0 Å². The van der Waals surface area contributed by atoms with Gasteiger partial charge in [0.25, 0.3) is 0 Å². The first kappa shape index (κ1) is 22.2. The lowest BCUT2D eigenvalue weighted by atomic mass is 9.99. The SMILES string of the molecule is Oc1ccc2c(Oc3ccc(OCCC4CCCCN4)cc3)c(-c3cccc(F)c3)ccc2c1. The fourth-order valence-electron chi connectivity index (χ4n) is 4.49. The predicted molar refractivity (Wildman–Crippen MR) is 133 cm³/mol. The molecule has 2 N–H and O–H groups in total. The third kappa shape index (κ3) is 5.15. The van der Waals surface area contributed by atoms with Gasteiger partial charge in [-0.05, 0) is 97.4 Å². The van der Waals surface area contributed by atoms with Crippen molar-refractivity contribution in [3.63, 3.8) is 0 Å². The van der Waals surface area contributed by atoms with E-state index in [0.717, 1.165) is 40.6 Å². The van der Waals surface area contributed by atoms with Crippen LogP contribution in [0.3, 0.4) is 0 Å². The number of hydrogen-bond donors (Lipinski definition) is 2. The van der Waals surface area contributed by atoms with Crippen LogP contribution in [0.1, 0.15) is 25.7 Å². The highest BCUT2D eigenvalue weighted by atomic mass is 19.1. The van der Waals surface area contributed by atoms with E-state index in [9.17, 15) is 9.50 Å². The van der Waals surface area contributed by atoms with E-state index in [0.29, 0.717) is 24.1 Å². The molecule has 1 unspecified atom stereocenters. The first-order valence-electron chi connectivity index (χ1n) is 11.8. The number of halogens is 1. The van der Waals surface area contributed by atoms with Crippen molar-refractivity contribution < 1.29 is 19.0 Å². The third-order valence-electron chi connectivity index (χ3n) is 6.28. The van der Waals surface area contributed by atoms with Gasteiger partial charge in [0.05, 0.1) is 6.61 Å². The maximum atomic E-state index is 14.0. The number of benzene rings is 4. The fraction of sp³-hybridized carbons (Fsp3) is 0.241. The minimum atomic E-state index is -0.306. The van der Waals surface area contributed by atoms with Crippen molar-refractivity contribution in [1.82, 2.24) is 5.32 Å². The molecule has 1 aliphatic heterocycles. The summed E-state index contributed by atoms with van der Waals surface area (Å²) < 4.78 is 26.2. The molecule has 4 aromatic carbocycles. The van der Waals surface area contributed by atoms with Crippen molar-refractivity contribution in [2.75, 3.05) is 13.2 Å². The predicted octanol–water partition coefficient (Wildman–Crippen LogP) is 7.05. The van der Waals surface area contributed by atoms with Crippen molar-refractivity contribution in [1.29, 1.82) is 0 Å². The number of piperidine rings is 1. The molecule has 0 bridgehead atoms. The second kappa shape index (κ2) is 10.1. The number of nitrogens with one attached hydrogen (secondary N) is 1. The quantitative estimate of drug-likeness (QED) is 0.312. The standard InChI is InChI=1S/C29H28FNO3/c30-22-5-3-4-20(18-22)27-13-7-21-19-24(32)8-14-28(21)29(27)34-26-11-9-25(10-12-26)33-17-15-23-6-1-2-16-31-23/h3-5,7-14,18-19,23,31-32H,1-2,6,15-17H2. The van der Waals surface area contributed by atoms with E-state index < -0.39 is 0 Å². The molecule has 174 valence electrons. The summed E-state index contributed by atoms with van der Waals surface area (Å²) in [7, 11) is 0. The molecule has 5 rings (SSSR count). The number of fused-ring (bicyclic) bond motifs is 1. The first-order valence-corrected chi connectivity index (χ1v) is 11.8. The molecule has 1 heterocycles. The molecule has 0 aliphatic carbocycles. The van der Waals surface area contributed by atoms with Crippen LogP contribution in [0.5, 0.6) is 23.0 Å². The average molecular weight is 458 g/mol. The molecule has 0 radical (unpaired) electrons. The van der Waals surface area contributed by atoms with E-state index in [1.165, 1.54) is 31.4 Å². The van der Waals surface area contributed by atoms with Gasteiger partial charge in [0.15, 0.2) is 0 Å². The Labute approximate surface area is 199 Å². The van der Waals surface area contributed by atoms with Gasteiger partial charge in [-0.2, -0.15) is 0 Å². The van der Waals surface area contributed by atoms with Crippen LogP contribution in [-0.4, -0.2) is 24.3 Å². The Morgan fingerprint density at radius 2 is 1.76 bits per heavy atom. The second-order valence-corrected chi connectivity index (χ2v) is 8.72. The van der Waals surface area contributed by atoms with Crippen molar-refractivity contribution in [3.8, 4) is 34.1 Å². The van der Waals surface area contributed by atoms with Crippen molar-refractivity contribution in [2.24, 2.45) is 0 Å². The Morgan fingerprint density at radius 1 is 0.912 bits per heavy atom. The molecule has 0 saturated carbocycles. The van der Waals surface area contributed by atoms with Crippen LogP contribution in [0.4, 0.5) is 4.39 Å². The summed E-state index contributed by atoms with van der Waals surface area (Å²) >= 11 is 0. The number of rotatable bonds is 7. The summed E-state index contributed by atoms with van der Waals surface area (Å²) in [6.45, 7) is 1.77. The molecule has 4 aromatic rings. The summed E-state index contributed by atoms with van der Waals surface area (Å²) in [4.78, 5) is 0. The molecule has 4 nitrogen and oxygen atoms in total. The van der Waals surface area contributed by atoms with Gasteiger partial charge in [-0.3, -0.25) is 0 Å². The van der Waals surface area contributed by atoms with Gasteiger partial charge in [0.1, 0.15) is 28.8 Å². The molecule has 0 aromatic heterocycles. The zero-order valence-corrected chi connectivity index (χ0v) is 19.0. The molecule has 0 amide bonds. The molecule has 34 heavy (non-hydrogen) atoms. The van der Waals surface area contributed by atoms with E-state index in [1.807, 2.05) is 48.5 Å². The Morgan fingerprint density at radius 3 is 2.56 bits per heavy atom. The number of phenols is 1. The van der Waals surface area contributed by atoms with E-state index in [2.05, 4.69) is 5.32 Å². The minimum Gasteiger partial charge on any atom is -0.508 e. The van der Waals surface area contributed by atoms with Crippen LogP contribution in [0.25, 0.3) is 21.9 Å². The van der Waals surface area contributed by atoms with Crippen LogP contribution in [0.15, 0.2) is 78.9 Å². The zero-order valence-electron chi connectivity index (χ0n) is 19.0. The molecule has 0 spiro atoms. The summed E-state index contributed by atoms with van der Waals surface area (Å²) in [5, 5.41) is 15.1. The topological polar surface area (TPSA) is 50.7 Å². The highest BCUT2D eigenvalue weighted by molar-refractivity contribution is 5.96. The monoisotopic (exact) mass is 457 g/mol. The van der Waals surface area contributed by atoms with Crippen LogP contribution in [-0.2, 0) is 0 Å². The normalized spacial score (nSPS) is 15.9. The average Bonchev–Trinajstić information content (AvgIpc) is 2.86. The molecule has 1 aliphatic rings. The Hall–Kier alpha value is -3.57.